The van der Waals surface area contributed by atoms with Crippen LogP contribution < -0.4 is 5.32 Å². The van der Waals surface area contributed by atoms with Gasteiger partial charge in [0.1, 0.15) is 5.82 Å². The van der Waals surface area contributed by atoms with Crippen molar-refractivity contribution in [3.05, 3.63) is 77.4 Å². The quantitative estimate of drug-likeness (QED) is 0.513. The summed E-state index contributed by atoms with van der Waals surface area (Å²) in [6.45, 7) is 2.46. The maximum atomic E-state index is 13.5. The Morgan fingerprint density at radius 1 is 1.16 bits per heavy atom. The molecule has 10 heteroatoms. The third-order valence-corrected chi connectivity index (χ3v) is 5.39. The summed E-state index contributed by atoms with van der Waals surface area (Å²) in [6, 6.07) is 7.16. The Kier molecular flexibility index (Phi) is 4.69. The van der Waals surface area contributed by atoms with Crippen LogP contribution in [0.3, 0.4) is 0 Å². The molecule has 4 heterocycles. The SMILES string of the molecule is Cc1cnc(Nc2ccnn2C)nc1-c1cc2n(c1)C(=O)N(Cc1ccc(F)c(F)c1)C2. The van der Waals surface area contributed by atoms with Crippen LogP contribution in [0.15, 0.2) is 48.9 Å². The third kappa shape index (κ3) is 3.49. The number of fused-ring (bicyclic) bond motifs is 1. The van der Waals surface area contributed by atoms with Gasteiger partial charge < -0.3 is 10.2 Å². The number of rotatable bonds is 5. The number of carbonyl (C=O) groups is 1. The lowest BCUT2D eigenvalue weighted by atomic mass is 10.1. The Morgan fingerprint density at radius 3 is 2.72 bits per heavy atom. The summed E-state index contributed by atoms with van der Waals surface area (Å²) in [4.78, 5) is 23.4. The molecule has 32 heavy (non-hydrogen) atoms. The molecule has 0 fully saturated rings. The number of amides is 1. The van der Waals surface area contributed by atoms with Gasteiger partial charge in [0.05, 0.1) is 18.4 Å². The normalized spacial score (nSPS) is 13.0. The zero-order chi connectivity index (χ0) is 22.4. The Bertz CT molecular complexity index is 1340. The second-order valence-corrected chi connectivity index (χ2v) is 7.67. The van der Waals surface area contributed by atoms with E-state index in [-0.39, 0.29) is 12.6 Å². The number of nitrogens with one attached hydrogen (secondary N) is 1. The number of benzene rings is 1. The molecule has 8 nitrogen and oxygen atoms in total. The number of hydrogen-bond acceptors (Lipinski definition) is 5. The van der Waals surface area contributed by atoms with Gasteiger partial charge in [-0.3, -0.25) is 9.25 Å². The van der Waals surface area contributed by atoms with Crippen molar-refractivity contribution < 1.29 is 13.6 Å². The minimum absolute atomic E-state index is 0.193. The molecule has 5 rings (SSSR count). The lowest BCUT2D eigenvalue weighted by molar-refractivity contribution is 0.207. The molecule has 1 aliphatic rings. The van der Waals surface area contributed by atoms with Gasteiger partial charge >= 0.3 is 6.03 Å². The van der Waals surface area contributed by atoms with E-state index in [0.29, 0.717) is 23.8 Å². The highest BCUT2D eigenvalue weighted by Gasteiger charge is 2.28. The smallest absolute Gasteiger partial charge is 0.314 e. The molecule has 0 radical (unpaired) electrons. The minimum atomic E-state index is -0.925. The maximum Gasteiger partial charge on any atom is 0.329 e. The van der Waals surface area contributed by atoms with Gasteiger partial charge in [0, 0.05) is 43.3 Å². The first-order chi connectivity index (χ1) is 15.4. The summed E-state index contributed by atoms with van der Waals surface area (Å²) in [5, 5.41) is 7.24. The number of halogens is 2. The topological polar surface area (TPSA) is 80.9 Å². The van der Waals surface area contributed by atoms with Crippen molar-refractivity contribution >= 4 is 17.8 Å². The zero-order valence-corrected chi connectivity index (χ0v) is 17.4. The predicted octanol–water partition coefficient (Wildman–Crippen LogP) is 3.99. The van der Waals surface area contributed by atoms with E-state index >= 15 is 0 Å². The van der Waals surface area contributed by atoms with E-state index in [1.807, 2.05) is 26.1 Å². The molecule has 0 saturated carbocycles. The molecule has 1 aliphatic heterocycles. The monoisotopic (exact) mass is 435 g/mol. The van der Waals surface area contributed by atoms with Crippen LogP contribution in [0.5, 0.6) is 0 Å². The van der Waals surface area contributed by atoms with E-state index in [1.54, 1.807) is 32.7 Å². The molecule has 1 N–H and O–H groups in total. The van der Waals surface area contributed by atoms with Crippen molar-refractivity contribution in [3.63, 3.8) is 0 Å². The van der Waals surface area contributed by atoms with Crippen molar-refractivity contribution in [2.24, 2.45) is 7.05 Å². The highest BCUT2D eigenvalue weighted by molar-refractivity contribution is 5.83. The lowest BCUT2D eigenvalue weighted by Gasteiger charge is -2.15. The number of anilines is 2. The standard InChI is InChI=1S/C22H19F2N7O/c1-13-9-25-21(27-19-5-6-26-29(19)2)28-20(13)15-8-16-12-30(22(32)31(16)11-15)10-14-3-4-17(23)18(24)7-14/h3-9,11H,10,12H2,1-2H3,(H,25,27,28). The summed E-state index contributed by atoms with van der Waals surface area (Å²) < 4.78 is 29.9. The average Bonchev–Trinajstić information content (AvgIpc) is 3.44. The molecule has 0 bridgehead atoms. The second-order valence-electron chi connectivity index (χ2n) is 7.67. The number of aromatic nitrogens is 5. The van der Waals surface area contributed by atoms with Crippen LogP contribution in [0.25, 0.3) is 11.3 Å². The minimum Gasteiger partial charge on any atom is -0.314 e. The molecule has 3 aromatic heterocycles. The van der Waals surface area contributed by atoms with Crippen LogP contribution in [-0.4, -0.2) is 35.2 Å². The fourth-order valence-corrected chi connectivity index (χ4v) is 3.74. The first kappa shape index (κ1) is 19.9. The molecular formula is C22H19F2N7O. The van der Waals surface area contributed by atoms with Crippen molar-refractivity contribution in [2.45, 2.75) is 20.0 Å². The summed E-state index contributed by atoms with van der Waals surface area (Å²) in [5.41, 5.74) is 3.71. The second kappa shape index (κ2) is 7.56. The summed E-state index contributed by atoms with van der Waals surface area (Å²) in [5.74, 6) is -0.658. The molecule has 0 aliphatic carbocycles. The summed E-state index contributed by atoms with van der Waals surface area (Å²) in [7, 11) is 1.81. The van der Waals surface area contributed by atoms with Gasteiger partial charge in [0.25, 0.3) is 0 Å². The Labute approximate surface area is 182 Å². The van der Waals surface area contributed by atoms with Crippen LogP contribution in [0, 0.1) is 18.6 Å². The summed E-state index contributed by atoms with van der Waals surface area (Å²) >= 11 is 0. The van der Waals surface area contributed by atoms with Gasteiger partial charge in [0.15, 0.2) is 11.6 Å². The first-order valence-electron chi connectivity index (χ1n) is 9.92. The van der Waals surface area contributed by atoms with Crippen molar-refractivity contribution in [3.8, 4) is 11.3 Å². The Balaban J connectivity index is 1.37. The molecule has 0 spiro atoms. The molecular weight excluding hydrogens is 416 g/mol. The highest BCUT2D eigenvalue weighted by atomic mass is 19.2. The van der Waals surface area contributed by atoms with E-state index in [0.717, 1.165) is 34.8 Å². The molecule has 0 unspecified atom stereocenters. The van der Waals surface area contributed by atoms with Gasteiger partial charge in [-0.25, -0.2) is 23.5 Å². The molecule has 0 atom stereocenters. The van der Waals surface area contributed by atoms with Gasteiger partial charge in [-0.2, -0.15) is 5.10 Å². The van der Waals surface area contributed by atoms with Crippen molar-refractivity contribution in [2.75, 3.05) is 5.32 Å². The molecule has 4 aromatic rings. The lowest BCUT2D eigenvalue weighted by Crippen LogP contribution is -2.25. The van der Waals surface area contributed by atoms with E-state index < -0.39 is 11.6 Å². The van der Waals surface area contributed by atoms with E-state index in [9.17, 15) is 13.6 Å². The third-order valence-electron chi connectivity index (χ3n) is 5.39. The van der Waals surface area contributed by atoms with Crippen LogP contribution in [0.1, 0.15) is 16.8 Å². The van der Waals surface area contributed by atoms with Crippen LogP contribution >= 0.6 is 0 Å². The van der Waals surface area contributed by atoms with Crippen molar-refractivity contribution in [1.29, 1.82) is 0 Å². The van der Waals surface area contributed by atoms with Crippen molar-refractivity contribution in [1.82, 2.24) is 29.2 Å². The molecule has 1 amide bonds. The fourth-order valence-electron chi connectivity index (χ4n) is 3.74. The molecule has 1 aromatic carbocycles. The van der Waals surface area contributed by atoms with E-state index in [1.165, 1.54) is 6.07 Å². The first-order valence-corrected chi connectivity index (χ1v) is 9.92. The number of nitrogens with zero attached hydrogens (tertiary/aromatic N) is 6. The van der Waals surface area contributed by atoms with Gasteiger partial charge in [-0.05, 0) is 36.2 Å². The number of carbonyl (C=O) groups excluding carboxylic acids is 1. The Morgan fingerprint density at radius 2 is 2.00 bits per heavy atom. The van der Waals surface area contributed by atoms with E-state index in [2.05, 4.69) is 20.4 Å². The predicted molar refractivity (Wildman–Crippen MR) is 113 cm³/mol. The molecule has 162 valence electrons. The van der Waals surface area contributed by atoms with Crippen LogP contribution in [0.4, 0.5) is 25.3 Å². The van der Waals surface area contributed by atoms with Crippen LogP contribution in [0.2, 0.25) is 0 Å². The number of hydrogen-bond donors (Lipinski definition) is 1. The zero-order valence-electron chi connectivity index (χ0n) is 17.4. The van der Waals surface area contributed by atoms with Gasteiger partial charge in [0.2, 0.25) is 5.95 Å². The highest BCUT2D eigenvalue weighted by Crippen LogP contribution is 2.29. The largest absolute Gasteiger partial charge is 0.329 e. The molecule has 0 saturated heterocycles. The van der Waals surface area contributed by atoms with E-state index in [4.69, 9.17) is 0 Å². The average molecular weight is 435 g/mol. The fraction of sp³-hybridized carbons (Fsp3) is 0.182. The van der Waals surface area contributed by atoms with Crippen LogP contribution in [-0.2, 0) is 20.1 Å². The van der Waals surface area contributed by atoms with Gasteiger partial charge in [-0.15, -0.1) is 0 Å². The summed E-state index contributed by atoms with van der Waals surface area (Å²) in [6.07, 6.45) is 5.14. The number of aryl methyl sites for hydroxylation is 2. The Hall–Kier alpha value is -4.08. The maximum absolute atomic E-state index is 13.5. The van der Waals surface area contributed by atoms with Gasteiger partial charge in [-0.1, -0.05) is 6.07 Å².